The Morgan fingerprint density at radius 3 is 2.73 bits per heavy atom. The summed E-state index contributed by atoms with van der Waals surface area (Å²) in [5.41, 5.74) is 0.831. The molecule has 0 radical (unpaired) electrons. The van der Waals surface area contributed by atoms with Gasteiger partial charge in [0.15, 0.2) is 5.96 Å². The molecule has 22 heavy (non-hydrogen) atoms. The first kappa shape index (κ1) is 16.2. The van der Waals surface area contributed by atoms with Crippen LogP contribution in [0.2, 0.25) is 0 Å². The molecule has 0 saturated heterocycles. The number of hydrogen-bond donors (Lipinski definition) is 2. The van der Waals surface area contributed by atoms with Gasteiger partial charge in [-0.3, -0.25) is 4.99 Å². The van der Waals surface area contributed by atoms with Crippen molar-refractivity contribution in [3.8, 4) is 5.75 Å². The van der Waals surface area contributed by atoms with Crippen LogP contribution in [0, 0.1) is 0 Å². The fourth-order valence-electron chi connectivity index (χ4n) is 1.82. The number of thiophene rings is 1. The number of rotatable bonds is 6. The highest BCUT2D eigenvalue weighted by Gasteiger charge is 2.05. The number of benzene rings is 1. The van der Waals surface area contributed by atoms with Crippen molar-refractivity contribution >= 4 is 17.3 Å². The van der Waals surface area contributed by atoms with E-state index >= 15 is 0 Å². The van der Waals surface area contributed by atoms with Gasteiger partial charge in [0.2, 0.25) is 0 Å². The molecule has 0 aliphatic heterocycles. The number of aliphatic imine (C=N–C) groups is 1. The van der Waals surface area contributed by atoms with E-state index in [9.17, 15) is 8.78 Å². The average Bonchev–Trinajstić information content (AvgIpc) is 3.00. The van der Waals surface area contributed by atoms with Crippen LogP contribution >= 0.6 is 11.3 Å². The lowest BCUT2D eigenvalue weighted by Gasteiger charge is -2.12. The highest BCUT2D eigenvalue weighted by Crippen LogP contribution is 2.15. The fourth-order valence-corrected chi connectivity index (χ4v) is 2.47. The normalized spacial score (nSPS) is 11.5. The molecule has 0 bridgehead atoms. The number of halogens is 2. The maximum absolute atomic E-state index is 12.2. The number of ether oxygens (including phenoxy) is 1. The summed E-state index contributed by atoms with van der Waals surface area (Å²) in [5.74, 6) is 0.796. The molecule has 7 heteroatoms. The van der Waals surface area contributed by atoms with Gasteiger partial charge in [0, 0.05) is 18.5 Å². The second-order valence-corrected chi connectivity index (χ2v) is 5.42. The van der Waals surface area contributed by atoms with Crippen LogP contribution in [0.5, 0.6) is 5.75 Å². The first-order valence-electron chi connectivity index (χ1n) is 6.68. The van der Waals surface area contributed by atoms with Gasteiger partial charge in [-0.25, -0.2) is 0 Å². The van der Waals surface area contributed by atoms with Crippen LogP contribution in [0.4, 0.5) is 8.78 Å². The van der Waals surface area contributed by atoms with Crippen molar-refractivity contribution in [1.82, 2.24) is 10.6 Å². The number of hydrogen-bond acceptors (Lipinski definition) is 3. The third-order valence-electron chi connectivity index (χ3n) is 2.82. The zero-order chi connectivity index (χ0) is 15.8. The van der Waals surface area contributed by atoms with Crippen molar-refractivity contribution in [3.05, 3.63) is 52.2 Å². The highest BCUT2D eigenvalue weighted by molar-refractivity contribution is 7.09. The molecular formula is C15H17F2N3OS. The van der Waals surface area contributed by atoms with Gasteiger partial charge >= 0.3 is 6.61 Å². The largest absolute Gasteiger partial charge is 0.435 e. The number of alkyl halides is 2. The molecule has 1 heterocycles. The molecule has 1 aromatic heterocycles. The van der Waals surface area contributed by atoms with Gasteiger partial charge in [0.1, 0.15) is 5.75 Å². The predicted octanol–water partition coefficient (Wildman–Crippen LogP) is 3.21. The lowest BCUT2D eigenvalue weighted by atomic mass is 10.2. The predicted molar refractivity (Wildman–Crippen MR) is 84.4 cm³/mol. The molecule has 0 fully saturated rings. The minimum atomic E-state index is -2.82. The monoisotopic (exact) mass is 325 g/mol. The van der Waals surface area contributed by atoms with E-state index in [1.165, 1.54) is 10.9 Å². The molecule has 4 nitrogen and oxygen atoms in total. The van der Waals surface area contributed by atoms with Crippen LogP contribution in [0.3, 0.4) is 0 Å². The van der Waals surface area contributed by atoms with E-state index in [1.54, 1.807) is 30.5 Å². The van der Waals surface area contributed by atoms with Gasteiger partial charge in [-0.15, -0.1) is 11.3 Å². The summed E-state index contributed by atoms with van der Waals surface area (Å²) in [7, 11) is 1.68. The number of nitrogens with zero attached hydrogens (tertiary/aromatic N) is 1. The fraction of sp³-hybridized carbons (Fsp3) is 0.267. The van der Waals surface area contributed by atoms with E-state index in [2.05, 4.69) is 20.4 Å². The van der Waals surface area contributed by atoms with Crippen molar-refractivity contribution in [2.75, 3.05) is 7.05 Å². The zero-order valence-corrected chi connectivity index (χ0v) is 12.9. The first-order chi connectivity index (χ1) is 10.7. The summed E-state index contributed by atoms with van der Waals surface area (Å²) in [5, 5.41) is 8.33. The Bertz CT molecular complexity index is 603. The maximum Gasteiger partial charge on any atom is 0.387 e. The van der Waals surface area contributed by atoms with E-state index in [1.807, 2.05) is 23.6 Å². The maximum atomic E-state index is 12.2. The molecule has 0 atom stereocenters. The molecule has 0 aliphatic rings. The number of nitrogens with one attached hydrogen (secondary N) is 2. The van der Waals surface area contributed by atoms with Crippen molar-refractivity contribution in [3.63, 3.8) is 0 Å². The van der Waals surface area contributed by atoms with E-state index in [-0.39, 0.29) is 5.75 Å². The summed E-state index contributed by atoms with van der Waals surface area (Å²) in [6.07, 6.45) is 0. The molecule has 118 valence electrons. The lowest BCUT2D eigenvalue weighted by Crippen LogP contribution is -2.36. The summed E-state index contributed by atoms with van der Waals surface area (Å²) < 4.78 is 28.8. The molecule has 0 saturated carbocycles. The number of guanidine groups is 1. The van der Waals surface area contributed by atoms with Gasteiger partial charge in [0.05, 0.1) is 6.54 Å². The summed E-state index contributed by atoms with van der Waals surface area (Å²) in [4.78, 5) is 5.33. The topological polar surface area (TPSA) is 45.7 Å². The Labute approximate surface area is 131 Å². The molecule has 0 aliphatic carbocycles. The molecule has 1 aromatic carbocycles. The Kier molecular flexibility index (Phi) is 6.14. The summed E-state index contributed by atoms with van der Waals surface area (Å²) >= 11 is 1.66. The third-order valence-corrected chi connectivity index (χ3v) is 3.69. The standard InChI is InChI=1S/C15H17F2N3OS/c1-18-15(20-10-13-6-3-7-22-13)19-9-11-4-2-5-12(8-11)21-14(16)17/h2-8,14H,9-10H2,1H3,(H2,18,19,20). The third kappa shape index (κ3) is 5.33. The summed E-state index contributed by atoms with van der Waals surface area (Å²) in [6.45, 7) is -1.67. The second kappa shape index (κ2) is 8.33. The smallest absolute Gasteiger partial charge is 0.387 e. The molecule has 0 amide bonds. The van der Waals surface area contributed by atoms with Crippen molar-refractivity contribution < 1.29 is 13.5 Å². The Hall–Kier alpha value is -2.15. The van der Waals surface area contributed by atoms with E-state index in [4.69, 9.17) is 0 Å². The van der Waals surface area contributed by atoms with Gasteiger partial charge in [0.25, 0.3) is 0 Å². The van der Waals surface area contributed by atoms with Crippen LogP contribution in [0.15, 0.2) is 46.8 Å². The van der Waals surface area contributed by atoms with Crippen LogP contribution < -0.4 is 15.4 Å². The molecule has 0 spiro atoms. The van der Waals surface area contributed by atoms with Crippen molar-refractivity contribution in [2.24, 2.45) is 4.99 Å². The van der Waals surface area contributed by atoms with Crippen LogP contribution in [0.1, 0.15) is 10.4 Å². The summed E-state index contributed by atoms with van der Waals surface area (Å²) in [6, 6.07) is 10.6. The average molecular weight is 325 g/mol. The second-order valence-electron chi connectivity index (χ2n) is 4.38. The molecule has 2 N–H and O–H groups in total. The Morgan fingerprint density at radius 2 is 2.05 bits per heavy atom. The first-order valence-corrected chi connectivity index (χ1v) is 7.56. The Morgan fingerprint density at radius 1 is 1.23 bits per heavy atom. The lowest BCUT2D eigenvalue weighted by molar-refractivity contribution is -0.0498. The zero-order valence-electron chi connectivity index (χ0n) is 12.1. The molecule has 0 unspecified atom stereocenters. The van der Waals surface area contributed by atoms with Crippen molar-refractivity contribution in [1.29, 1.82) is 0 Å². The molecule has 2 aromatic rings. The van der Waals surface area contributed by atoms with E-state index in [0.29, 0.717) is 19.0 Å². The molecular weight excluding hydrogens is 308 g/mol. The van der Waals surface area contributed by atoms with Crippen LogP contribution in [-0.4, -0.2) is 19.6 Å². The minimum absolute atomic E-state index is 0.149. The van der Waals surface area contributed by atoms with Gasteiger partial charge in [-0.1, -0.05) is 18.2 Å². The van der Waals surface area contributed by atoms with Gasteiger partial charge in [-0.2, -0.15) is 8.78 Å². The van der Waals surface area contributed by atoms with Gasteiger partial charge in [-0.05, 0) is 29.1 Å². The van der Waals surface area contributed by atoms with Gasteiger partial charge < -0.3 is 15.4 Å². The van der Waals surface area contributed by atoms with Crippen molar-refractivity contribution in [2.45, 2.75) is 19.7 Å². The van der Waals surface area contributed by atoms with E-state index in [0.717, 1.165) is 5.56 Å². The highest BCUT2D eigenvalue weighted by atomic mass is 32.1. The Balaban J connectivity index is 1.85. The molecule has 2 rings (SSSR count). The van der Waals surface area contributed by atoms with Crippen LogP contribution in [0.25, 0.3) is 0 Å². The quantitative estimate of drug-likeness (QED) is 0.633. The minimum Gasteiger partial charge on any atom is -0.435 e. The van der Waals surface area contributed by atoms with Crippen LogP contribution in [-0.2, 0) is 13.1 Å². The SMILES string of the molecule is CN=C(NCc1cccc(OC(F)F)c1)NCc1cccs1. The van der Waals surface area contributed by atoms with E-state index < -0.39 is 6.61 Å².